The zero-order chi connectivity index (χ0) is 14.3. The number of aryl methyl sites for hydroxylation is 1. The molecule has 7 heteroatoms. The van der Waals surface area contributed by atoms with Gasteiger partial charge in [-0.25, -0.2) is 4.98 Å². The zero-order valence-electron chi connectivity index (χ0n) is 11.5. The minimum Gasteiger partial charge on any atom is -0.391 e. The van der Waals surface area contributed by atoms with E-state index in [2.05, 4.69) is 21.2 Å². The van der Waals surface area contributed by atoms with Gasteiger partial charge in [0.1, 0.15) is 15.8 Å². The minimum absolute atomic E-state index is 0.294. The highest BCUT2D eigenvalue weighted by atomic mass is 32.1. The number of aromatic nitrogens is 2. The molecule has 3 rings (SSSR count). The lowest BCUT2D eigenvalue weighted by Gasteiger charge is -2.35. The molecule has 0 radical (unpaired) electrons. The molecule has 0 aliphatic carbocycles. The number of thiazole rings is 1. The lowest BCUT2D eigenvalue weighted by atomic mass is 9.96. The fourth-order valence-electron chi connectivity index (χ4n) is 2.41. The Bertz CT molecular complexity index is 609. The number of anilines is 2. The first-order valence-corrected chi connectivity index (χ1v) is 8.32. The third-order valence-corrected chi connectivity index (χ3v) is 5.64. The molecular formula is C13H18N4OS2. The van der Waals surface area contributed by atoms with E-state index in [1.54, 1.807) is 11.3 Å². The van der Waals surface area contributed by atoms with Crippen LogP contribution in [0.1, 0.15) is 19.0 Å². The average molecular weight is 310 g/mol. The molecule has 2 aromatic rings. The molecule has 2 aromatic heterocycles. The van der Waals surface area contributed by atoms with Crippen molar-refractivity contribution in [2.45, 2.75) is 26.4 Å². The second-order valence-corrected chi connectivity index (χ2v) is 6.93. The molecule has 0 aromatic carbocycles. The van der Waals surface area contributed by atoms with Crippen LogP contribution < -0.4 is 10.6 Å². The summed E-state index contributed by atoms with van der Waals surface area (Å²) in [7, 11) is 0. The first kappa shape index (κ1) is 13.8. The van der Waals surface area contributed by atoms with E-state index >= 15 is 0 Å². The molecule has 1 aliphatic heterocycles. The maximum absolute atomic E-state index is 10.1. The second kappa shape index (κ2) is 5.31. The molecular weight excluding hydrogens is 292 g/mol. The van der Waals surface area contributed by atoms with Crippen molar-refractivity contribution >= 4 is 33.7 Å². The zero-order valence-corrected chi connectivity index (χ0v) is 13.2. The van der Waals surface area contributed by atoms with Crippen LogP contribution in [0.5, 0.6) is 0 Å². The van der Waals surface area contributed by atoms with Crippen LogP contribution in [0.4, 0.5) is 10.8 Å². The van der Waals surface area contributed by atoms with E-state index in [1.807, 2.05) is 12.3 Å². The Morgan fingerprint density at radius 2 is 2.30 bits per heavy atom. The van der Waals surface area contributed by atoms with Gasteiger partial charge in [0.05, 0.1) is 11.7 Å². The van der Waals surface area contributed by atoms with Crippen molar-refractivity contribution in [1.82, 2.24) is 9.36 Å². The molecule has 0 saturated carbocycles. The first-order valence-electron chi connectivity index (χ1n) is 6.67. The van der Waals surface area contributed by atoms with E-state index in [4.69, 9.17) is 5.73 Å². The molecule has 3 N–H and O–H groups in total. The summed E-state index contributed by atoms with van der Waals surface area (Å²) in [6.45, 7) is 5.63. The largest absolute Gasteiger partial charge is 0.391 e. The first-order chi connectivity index (χ1) is 9.56. The van der Waals surface area contributed by atoms with E-state index in [0.717, 1.165) is 34.2 Å². The van der Waals surface area contributed by atoms with Gasteiger partial charge in [-0.05, 0) is 30.8 Å². The number of piperidine rings is 1. The van der Waals surface area contributed by atoms with Crippen molar-refractivity contribution in [2.75, 3.05) is 23.7 Å². The monoisotopic (exact) mass is 310 g/mol. The summed E-state index contributed by atoms with van der Waals surface area (Å²) in [5.41, 5.74) is 7.95. The molecule has 2 atom stereocenters. The van der Waals surface area contributed by atoms with Gasteiger partial charge in [0.15, 0.2) is 0 Å². The average Bonchev–Trinajstić information content (AvgIpc) is 2.99. The van der Waals surface area contributed by atoms with Crippen molar-refractivity contribution in [1.29, 1.82) is 0 Å². The minimum atomic E-state index is -0.294. The summed E-state index contributed by atoms with van der Waals surface area (Å²) < 4.78 is 4.28. The topological polar surface area (TPSA) is 75.3 Å². The summed E-state index contributed by atoms with van der Waals surface area (Å²) in [5.74, 6) is 0.884. The Morgan fingerprint density at radius 3 is 2.95 bits per heavy atom. The van der Waals surface area contributed by atoms with E-state index in [1.165, 1.54) is 11.5 Å². The van der Waals surface area contributed by atoms with E-state index < -0.39 is 0 Å². The van der Waals surface area contributed by atoms with E-state index in [0.29, 0.717) is 18.3 Å². The number of rotatable bonds is 2. The molecule has 2 unspecified atom stereocenters. The number of hydrogen-bond donors (Lipinski definition) is 2. The fraction of sp³-hybridized carbons (Fsp3) is 0.538. The predicted molar refractivity (Wildman–Crippen MR) is 84.4 cm³/mol. The summed E-state index contributed by atoms with van der Waals surface area (Å²) in [6, 6.07) is 0. The fourth-order valence-corrected chi connectivity index (χ4v) is 4.18. The number of aliphatic hydroxyl groups excluding tert-OH is 1. The van der Waals surface area contributed by atoms with Crippen LogP contribution >= 0.6 is 22.9 Å². The maximum Gasteiger partial charge on any atom is 0.149 e. The summed E-state index contributed by atoms with van der Waals surface area (Å²) in [6.07, 6.45) is 0.688. The number of nitrogen functional groups attached to an aromatic ring is 1. The van der Waals surface area contributed by atoms with Gasteiger partial charge in [0.25, 0.3) is 0 Å². The second-order valence-electron chi connectivity index (χ2n) is 5.32. The van der Waals surface area contributed by atoms with E-state index in [9.17, 15) is 5.11 Å². The molecule has 108 valence electrons. The van der Waals surface area contributed by atoms with Crippen LogP contribution in [-0.4, -0.2) is 33.7 Å². The predicted octanol–water partition coefficient (Wildman–Crippen LogP) is 2.36. The van der Waals surface area contributed by atoms with Crippen molar-refractivity contribution in [3.05, 3.63) is 11.1 Å². The molecule has 20 heavy (non-hydrogen) atoms. The molecule has 0 amide bonds. The smallest absolute Gasteiger partial charge is 0.149 e. The molecule has 1 fully saturated rings. The summed E-state index contributed by atoms with van der Waals surface area (Å²) in [4.78, 5) is 6.70. The number of aliphatic hydroxyl groups is 1. The molecule has 5 nitrogen and oxygen atoms in total. The normalized spacial score (nSPS) is 23.2. The van der Waals surface area contributed by atoms with Crippen LogP contribution in [-0.2, 0) is 0 Å². The van der Waals surface area contributed by atoms with Crippen LogP contribution in [0.15, 0.2) is 5.38 Å². The van der Waals surface area contributed by atoms with Crippen molar-refractivity contribution < 1.29 is 5.11 Å². The van der Waals surface area contributed by atoms with Gasteiger partial charge in [-0.15, -0.1) is 11.3 Å². The van der Waals surface area contributed by atoms with Crippen molar-refractivity contribution in [3.8, 4) is 10.6 Å². The van der Waals surface area contributed by atoms with Gasteiger partial charge in [0, 0.05) is 24.2 Å². The lowest BCUT2D eigenvalue weighted by molar-refractivity contribution is 0.103. The molecule has 1 saturated heterocycles. The van der Waals surface area contributed by atoms with Crippen LogP contribution in [0.2, 0.25) is 0 Å². The quantitative estimate of drug-likeness (QED) is 0.890. The van der Waals surface area contributed by atoms with Gasteiger partial charge in [-0.2, -0.15) is 4.37 Å². The van der Waals surface area contributed by atoms with Gasteiger partial charge >= 0.3 is 0 Å². The summed E-state index contributed by atoms with van der Waals surface area (Å²) >= 11 is 2.98. The molecule has 1 aliphatic rings. The maximum atomic E-state index is 10.1. The number of nitrogens with two attached hydrogens (primary N) is 1. The number of hydrogen-bond acceptors (Lipinski definition) is 7. The third-order valence-electron chi connectivity index (χ3n) is 3.74. The Kier molecular flexibility index (Phi) is 3.66. The SMILES string of the molecule is Cc1csc(-c2c(N)nsc2N2CCC(C)C(O)C2)n1. The Morgan fingerprint density at radius 1 is 1.50 bits per heavy atom. The van der Waals surface area contributed by atoms with Crippen molar-refractivity contribution in [2.24, 2.45) is 5.92 Å². The Balaban J connectivity index is 1.95. The van der Waals surface area contributed by atoms with E-state index in [-0.39, 0.29) is 6.10 Å². The highest BCUT2D eigenvalue weighted by Gasteiger charge is 2.28. The van der Waals surface area contributed by atoms with Crippen LogP contribution in [0.25, 0.3) is 10.6 Å². The lowest BCUT2D eigenvalue weighted by Crippen LogP contribution is -2.42. The van der Waals surface area contributed by atoms with Gasteiger partial charge in [-0.3, -0.25) is 0 Å². The standard InChI is InChI=1S/C13H18N4OS2/c1-7-3-4-17(5-9(7)18)13-10(11(14)16-20-13)12-15-8(2)6-19-12/h6-7,9,18H,3-5H2,1-2H3,(H2,14,16). The highest BCUT2D eigenvalue weighted by Crippen LogP contribution is 2.41. The van der Waals surface area contributed by atoms with Crippen LogP contribution in [0.3, 0.4) is 0 Å². The molecule has 0 bridgehead atoms. The summed E-state index contributed by atoms with van der Waals surface area (Å²) in [5, 5.41) is 14.0. The molecule has 0 spiro atoms. The molecule has 3 heterocycles. The van der Waals surface area contributed by atoms with Crippen molar-refractivity contribution in [3.63, 3.8) is 0 Å². The number of β-amino-alcohol motifs (C(OH)–C–C–N with tert-alkyl or cyclic N) is 1. The van der Waals surface area contributed by atoms with Gasteiger partial charge in [-0.1, -0.05) is 6.92 Å². The Labute approximate surface area is 126 Å². The highest BCUT2D eigenvalue weighted by molar-refractivity contribution is 7.15. The number of nitrogens with zero attached hydrogens (tertiary/aromatic N) is 3. The van der Waals surface area contributed by atoms with Gasteiger partial charge < -0.3 is 15.7 Å². The van der Waals surface area contributed by atoms with Crippen LogP contribution in [0, 0.1) is 12.8 Å². The van der Waals surface area contributed by atoms with Gasteiger partial charge in [0.2, 0.25) is 0 Å². The third kappa shape index (κ3) is 2.41. The Hall–Kier alpha value is -1.18.